The number of nitrogens with zero attached hydrogens (tertiary/aromatic N) is 1. The van der Waals surface area contributed by atoms with E-state index in [0.29, 0.717) is 0 Å². The van der Waals surface area contributed by atoms with Gasteiger partial charge in [-0.05, 0) is 24.8 Å². The Morgan fingerprint density at radius 2 is 2.33 bits per heavy atom. The van der Waals surface area contributed by atoms with Gasteiger partial charge in [0.05, 0.1) is 11.1 Å². The van der Waals surface area contributed by atoms with Crippen molar-refractivity contribution in [2.75, 3.05) is 0 Å². The number of hydrogen-bond acceptors (Lipinski definition) is 4. The molecule has 0 bridgehead atoms. The van der Waals surface area contributed by atoms with Crippen LogP contribution in [-0.4, -0.2) is 10.1 Å². The molecule has 0 fully saturated rings. The van der Waals surface area contributed by atoms with E-state index in [9.17, 15) is 5.11 Å². The first kappa shape index (κ1) is 10.8. The summed E-state index contributed by atoms with van der Waals surface area (Å²) in [5.41, 5.74) is 1.07. The van der Waals surface area contributed by atoms with Crippen LogP contribution in [0.25, 0.3) is 0 Å². The van der Waals surface area contributed by atoms with Gasteiger partial charge in [0.2, 0.25) is 0 Å². The van der Waals surface area contributed by atoms with E-state index in [2.05, 4.69) is 4.98 Å². The van der Waals surface area contributed by atoms with E-state index in [-0.39, 0.29) is 6.10 Å². The Hall–Kier alpha value is -0.710. The van der Waals surface area contributed by atoms with Crippen LogP contribution in [0.3, 0.4) is 0 Å². The maximum absolute atomic E-state index is 9.86. The minimum Gasteiger partial charge on any atom is -0.388 e. The van der Waals surface area contributed by atoms with Gasteiger partial charge in [-0.1, -0.05) is 6.07 Å². The molecular formula is C11H13NOS2. The van der Waals surface area contributed by atoms with E-state index in [4.69, 9.17) is 0 Å². The monoisotopic (exact) mass is 239 g/mol. The molecule has 4 heteroatoms. The fraction of sp³-hybridized carbons (Fsp3) is 0.364. The average Bonchev–Trinajstić information content (AvgIpc) is 2.84. The number of thiazole rings is 1. The normalized spacial score (nSPS) is 12.9. The van der Waals surface area contributed by atoms with E-state index in [1.165, 1.54) is 0 Å². The largest absolute Gasteiger partial charge is 0.388 e. The predicted molar refractivity (Wildman–Crippen MR) is 64.5 cm³/mol. The molecule has 0 aromatic carbocycles. The molecule has 0 saturated carbocycles. The third kappa shape index (κ3) is 2.87. The van der Waals surface area contributed by atoms with Gasteiger partial charge in [0.25, 0.3) is 0 Å². The second-order valence-corrected chi connectivity index (χ2v) is 5.37. The van der Waals surface area contributed by atoms with Gasteiger partial charge in [-0.15, -0.1) is 22.7 Å². The highest BCUT2D eigenvalue weighted by atomic mass is 32.1. The van der Waals surface area contributed by atoms with Crippen molar-refractivity contribution in [2.45, 2.75) is 25.9 Å². The summed E-state index contributed by atoms with van der Waals surface area (Å²) >= 11 is 3.27. The van der Waals surface area contributed by atoms with E-state index < -0.39 is 0 Å². The van der Waals surface area contributed by atoms with E-state index in [1.807, 2.05) is 29.8 Å². The minimum atomic E-state index is -0.339. The summed E-state index contributed by atoms with van der Waals surface area (Å²) in [6.07, 6.45) is 1.28. The molecule has 2 rings (SSSR count). The minimum absolute atomic E-state index is 0.339. The fourth-order valence-corrected chi connectivity index (χ4v) is 2.94. The molecule has 0 saturated heterocycles. The first-order valence-corrected chi connectivity index (χ1v) is 6.64. The number of hydrogen-bond donors (Lipinski definition) is 1. The summed E-state index contributed by atoms with van der Waals surface area (Å²) in [5.74, 6) is 0. The third-order valence-corrected chi connectivity index (χ3v) is 4.17. The highest BCUT2D eigenvalue weighted by Crippen LogP contribution is 2.23. The number of aliphatic hydroxyl groups excluding tert-OH is 1. The Morgan fingerprint density at radius 1 is 1.47 bits per heavy atom. The van der Waals surface area contributed by atoms with Crippen molar-refractivity contribution in [3.8, 4) is 0 Å². The van der Waals surface area contributed by atoms with E-state index in [1.54, 1.807) is 22.7 Å². The Labute approximate surface area is 97.2 Å². The van der Waals surface area contributed by atoms with Gasteiger partial charge in [-0.25, -0.2) is 4.98 Å². The quantitative estimate of drug-likeness (QED) is 0.889. The first-order chi connectivity index (χ1) is 7.25. The Kier molecular flexibility index (Phi) is 3.51. The van der Waals surface area contributed by atoms with E-state index in [0.717, 1.165) is 28.4 Å². The lowest BCUT2D eigenvalue weighted by atomic mass is 10.2. The molecule has 15 heavy (non-hydrogen) atoms. The molecule has 2 aromatic rings. The Balaban J connectivity index is 1.88. The molecule has 2 heterocycles. The zero-order chi connectivity index (χ0) is 10.7. The lowest BCUT2D eigenvalue weighted by molar-refractivity contribution is 0.171. The maximum Gasteiger partial charge on any atom is 0.0929 e. The second-order valence-electron chi connectivity index (χ2n) is 3.45. The summed E-state index contributed by atoms with van der Waals surface area (Å²) in [6, 6.07) is 3.94. The van der Waals surface area contributed by atoms with Crippen LogP contribution < -0.4 is 0 Å². The van der Waals surface area contributed by atoms with Crippen LogP contribution in [-0.2, 0) is 6.42 Å². The molecule has 80 valence electrons. The van der Waals surface area contributed by atoms with Gasteiger partial charge in [-0.2, -0.15) is 0 Å². The summed E-state index contributed by atoms with van der Waals surface area (Å²) in [4.78, 5) is 5.42. The molecule has 1 N–H and O–H groups in total. The van der Waals surface area contributed by atoms with Gasteiger partial charge < -0.3 is 5.11 Å². The fourth-order valence-electron chi connectivity index (χ4n) is 1.40. The molecule has 2 nitrogen and oxygen atoms in total. The van der Waals surface area contributed by atoms with Crippen molar-refractivity contribution in [3.05, 3.63) is 38.5 Å². The second kappa shape index (κ2) is 4.88. The predicted octanol–water partition coefficient (Wildman–Crippen LogP) is 3.18. The van der Waals surface area contributed by atoms with Crippen LogP contribution in [0.1, 0.15) is 28.1 Å². The van der Waals surface area contributed by atoms with Gasteiger partial charge in [0.15, 0.2) is 0 Å². The van der Waals surface area contributed by atoms with Crippen molar-refractivity contribution < 1.29 is 5.11 Å². The van der Waals surface area contributed by atoms with Gasteiger partial charge in [0, 0.05) is 22.4 Å². The van der Waals surface area contributed by atoms with Crippen LogP contribution in [0.5, 0.6) is 0 Å². The van der Waals surface area contributed by atoms with Crippen molar-refractivity contribution >= 4 is 22.7 Å². The van der Waals surface area contributed by atoms with Crippen LogP contribution >= 0.6 is 22.7 Å². The number of aryl methyl sites for hydroxylation is 2. The molecule has 2 aromatic heterocycles. The Bertz CT molecular complexity index is 408. The summed E-state index contributed by atoms with van der Waals surface area (Å²) in [6.45, 7) is 2.00. The number of aromatic nitrogens is 1. The maximum atomic E-state index is 9.86. The zero-order valence-electron chi connectivity index (χ0n) is 8.51. The highest BCUT2D eigenvalue weighted by Gasteiger charge is 2.09. The molecule has 1 atom stereocenters. The molecular weight excluding hydrogens is 226 g/mol. The highest BCUT2D eigenvalue weighted by molar-refractivity contribution is 7.10. The molecule has 0 aliphatic heterocycles. The average molecular weight is 239 g/mol. The number of thiophene rings is 1. The van der Waals surface area contributed by atoms with Gasteiger partial charge in [0.1, 0.15) is 0 Å². The molecule has 1 unspecified atom stereocenters. The van der Waals surface area contributed by atoms with Crippen LogP contribution in [0.15, 0.2) is 22.9 Å². The van der Waals surface area contributed by atoms with Crippen molar-refractivity contribution in [2.24, 2.45) is 0 Å². The molecule has 0 aliphatic rings. The zero-order valence-corrected chi connectivity index (χ0v) is 10.1. The van der Waals surface area contributed by atoms with Crippen LogP contribution in [0.4, 0.5) is 0 Å². The lowest BCUT2D eigenvalue weighted by Crippen LogP contribution is -1.97. The third-order valence-electron chi connectivity index (χ3n) is 2.17. The lowest BCUT2D eigenvalue weighted by Gasteiger charge is -2.06. The van der Waals surface area contributed by atoms with E-state index >= 15 is 0 Å². The Morgan fingerprint density at radius 3 is 2.93 bits per heavy atom. The molecule has 0 radical (unpaired) electrons. The van der Waals surface area contributed by atoms with Crippen LogP contribution in [0.2, 0.25) is 0 Å². The topological polar surface area (TPSA) is 33.1 Å². The SMILES string of the molecule is Cc1csc(CCC(O)c2cccs2)n1. The standard InChI is InChI=1S/C11H13NOS2/c1-8-7-15-11(12-8)5-4-9(13)10-3-2-6-14-10/h2-3,6-7,9,13H,4-5H2,1H3. The number of aliphatic hydroxyl groups is 1. The first-order valence-electron chi connectivity index (χ1n) is 4.88. The van der Waals surface area contributed by atoms with Crippen molar-refractivity contribution in [3.63, 3.8) is 0 Å². The van der Waals surface area contributed by atoms with Gasteiger partial charge in [-0.3, -0.25) is 0 Å². The van der Waals surface area contributed by atoms with Crippen LogP contribution in [0, 0.1) is 6.92 Å². The molecule has 0 spiro atoms. The van der Waals surface area contributed by atoms with Crippen molar-refractivity contribution in [1.82, 2.24) is 4.98 Å². The summed E-state index contributed by atoms with van der Waals surface area (Å²) < 4.78 is 0. The summed E-state index contributed by atoms with van der Waals surface area (Å²) in [5, 5.41) is 15.0. The smallest absolute Gasteiger partial charge is 0.0929 e. The number of rotatable bonds is 4. The van der Waals surface area contributed by atoms with Gasteiger partial charge >= 0.3 is 0 Å². The molecule has 0 aliphatic carbocycles. The molecule has 0 amide bonds. The van der Waals surface area contributed by atoms with Crippen molar-refractivity contribution in [1.29, 1.82) is 0 Å². The summed E-state index contributed by atoms with van der Waals surface area (Å²) in [7, 11) is 0.